The predicted molar refractivity (Wildman–Crippen MR) is 115 cm³/mol. The van der Waals surface area contributed by atoms with Crippen LogP contribution in [0.4, 0.5) is 0 Å². The quantitative estimate of drug-likeness (QED) is 0.429. The van der Waals surface area contributed by atoms with Crippen molar-refractivity contribution in [3.05, 3.63) is 83.9 Å². The van der Waals surface area contributed by atoms with Crippen molar-refractivity contribution >= 4 is 6.29 Å². The average molecular weight is 399 g/mol. The summed E-state index contributed by atoms with van der Waals surface area (Å²) in [6.07, 6.45) is 0.819. The van der Waals surface area contributed by atoms with Crippen molar-refractivity contribution in [2.75, 3.05) is 14.2 Å². The van der Waals surface area contributed by atoms with E-state index < -0.39 is 0 Å². The van der Waals surface area contributed by atoms with Crippen molar-refractivity contribution in [1.29, 1.82) is 0 Å². The molecule has 0 amide bonds. The van der Waals surface area contributed by atoms with Gasteiger partial charge in [0.25, 0.3) is 0 Å². The van der Waals surface area contributed by atoms with Gasteiger partial charge in [0.1, 0.15) is 17.8 Å². The molecule has 0 saturated heterocycles. The minimum absolute atomic E-state index is 0.492. The highest BCUT2D eigenvalue weighted by atomic mass is 16.5. The Morgan fingerprint density at radius 1 is 0.900 bits per heavy atom. The maximum Gasteiger partial charge on any atom is 0.181 e. The number of aldehydes is 1. The number of aromatic nitrogens is 3. The van der Waals surface area contributed by atoms with Gasteiger partial charge in [-0.2, -0.15) is 5.10 Å². The Kier molecular flexibility index (Phi) is 5.57. The number of nitrogens with zero attached hydrogens (tertiary/aromatic N) is 3. The highest BCUT2D eigenvalue weighted by molar-refractivity contribution is 5.78. The first-order valence-electron chi connectivity index (χ1n) is 9.48. The molecule has 3 aromatic carbocycles. The number of carbonyl (C=O) groups is 1. The lowest BCUT2D eigenvalue weighted by Gasteiger charge is -2.10. The molecule has 4 rings (SSSR count). The van der Waals surface area contributed by atoms with Gasteiger partial charge in [0.15, 0.2) is 11.6 Å². The Labute approximate surface area is 174 Å². The monoisotopic (exact) mass is 399 g/mol. The molecule has 0 atom stereocenters. The van der Waals surface area contributed by atoms with Crippen molar-refractivity contribution in [2.45, 2.75) is 6.54 Å². The summed E-state index contributed by atoms with van der Waals surface area (Å²) in [7, 11) is 3.29. The molecule has 30 heavy (non-hydrogen) atoms. The van der Waals surface area contributed by atoms with Crippen LogP contribution in [0.15, 0.2) is 72.8 Å². The summed E-state index contributed by atoms with van der Waals surface area (Å²) in [5.74, 6) is 2.83. The van der Waals surface area contributed by atoms with E-state index >= 15 is 0 Å². The van der Waals surface area contributed by atoms with Crippen LogP contribution in [0.5, 0.6) is 11.5 Å². The van der Waals surface area contributed by atoms with Crippen molar-refractivity contribution in [2.24, 2.45) is 0 Å². The number of rotatable bonds is 7. The number of hydrogen-bond acceptors (Lipinski definition) is 5. The van der Waals surface area contributed by atoms with Gasteiger partial charge in [-0.3, -0.25) is 4.79 Å². The SMILES string of the molecule is COc1ccc(-c2nc(-c3cccc(C=O)c3)nn2Cc2ccccc2OC)cc1. The Morgan fingerprint density at radius 2 is 1.70 bits per heavy atom. The molecule has 0 radical (unpaired) electrons. The zero-order valence-electron chi connectivity index (χ0n) is 16.8. The molecule has 0 aliphatic rings. The van der Waals surface area contributed by atoms with Crippen LogP contribution in [0, 0.1) is 0 Å². The fourth-order valence-corrected chi connectivity index (χ4v) is 3.27. The third kappa shape index (κ3) is 3.93. The van der Waals surface area contributed by atoms with Gasteiger partial charge in [-0.25, -0.2) is 9.67 Å². The molecule has 0 N–H and O–H groups in total. The Hall–Kier alpha value is -3.93. The van der Waals surface area contributed by atoms with Crippen LogP contribution < -0.4 is 9.47 Å². The van der Waals surface area contributed by atoms with Gasteiger partial charge in [-0.1, -0.05) is 36.4 Å². The largest absolute Gasteiger partial charge is 0.497 e. The molecule has 0 fully saturated rings. The van der Waals surface area contributed by atoms with Crippen molar-refractivity contribution in [3.8, 4) is 34.3 Å². The van der Waals surface area contributed by atoms with Gasteiger partial charge in [-0.05, 0) is 36.4 Å². The van der Waals surface area contributed by atoms with E-state index in [1.165, 1.54) is 0 Å². The predicted octanol–water partition coefficient (Wildman–Crippen LogP) is 4.49. The van der Waals surface area contributed by atoms with E-state index in [2.05, 4.69) is 0 Å². The van der Waals surface area contributed by atoms with Crippen LogP contribution in [0.1, 0.15) is 15.9 Å². The third-order valence-corrected chi connectivity index (χ3v) is 4.81. The Morgan fingerprint density at radius 3 is 2.43 bits per heavy atom. The third-order valence-electron chi connectivity index (χ3n) is 4.81. The molecule has 1 aromatic heterocycles. The first-order valence-corrected chi connectivity index (χ1v) is 9.48. The Balaban J connectivity index is 1.81. The fraction of sp³-hybridized carbons (Fsp3) is 0.125. The van der Waals surface area contributed by atoms with E-state index in [-0.39, 0.29) is 0 Å². The average Bonchev–Trinajstić information content (AvgIpc) is 3.23. The molecule has 0 unspecified atom stereocenters. The molecule has 0 bridgehead atoms. The zero-order chi connectivity index (χ0) is 20.9. The molecule has 0 aliphatic carbocycles. The summed E-state index contributed by atoms with van der Waals surface area (Å²) in [4.78, 5) is 16.0. The molecular formula is C24H21N3O3. The molecule has 6 nitrogen and oxygen atoms in total. The Bertz CT molecular complexity index is 1170. The van der Waals surface area contributed by atoms with E-state index in [0.29, 0.717) is 17.9 Å². The number of methoxy groups -OCH3 is 2. The van der Waals surface area contributed by atoms with Crippen molar-refractivity contribution < 1.29 is 14.3 Å². The van der Waals surface area contributed by atoms with Crippen molar-refractivity contribution in [1.82, 2.24) is 14.8 Å². The van der Waals surface area contributed by atoms with E-state index in [4.69, 9.17) is 19.6 Å². The van der Waals surface area contributed by atoms with Gasteiger partial charge < -0.3 is 9.47 Å². The zero-order valence-corrected chi connectivity index (χ0v) is 16.8. The topological polar surface area (TPSA) is 66.2 Å². The summed E-state index contributed by atoms with van der Waals surface area (Å²) in [6.45, 7) is 0.492. The lowest BCUT2D eigenvalue weighted by atomic mass is 10.1. The maximum atomic E-state index is 11.2. The summed E-state index contributed by atoms with van der Waals surface area (Å²) in [5.41, 5.74) is 3.27. The van der Waals surface area contributed by atoms with Crippen molar-refractivity contribution in [3.63, 3.8) is 0 Å². The second-order valence-corrected chi connectivity index (χ2v) is 6.70. The smallest absolute Gasteiger partial charge is 0.181 e. The summed E-state index contributed by atoms with van der Waals surface area (Å²) in [6, 6.07) is 22.8. The van der Waals surface area contributed by atoms with E-state index in [0.717, 1.165) is 40.3 Å². The molecule has 6 heteroatoms. The van der Waals surface area contributed by atoms with Crippen LogP contribution in [-0.2, 0) is 6.54 Å². The number of benzene rings is 3. The first-order chi connectivity index (χ1) is 14.7. The normalized spacial score (nSPS) is 10.6. The molecule has 0 aliphatic heterocycles. The number of carbonyl (C=O) groups excluding carboxylic acids is 1. The minimum Gasteiger partial charge on any atom is -0.497 e. The van der Waals surface area contributed by atoms with Gasteiger partial charge in [0, 0.05) is 22.3 Å². The molecule has 0 saturated carbocycles. The van der Waals surface area contributed by atoms with Gasteiger partial charge in [0.2, 0.25) is 0 Å². The minimum atomic E-state index is 0.492. The molecular weight excluding hydrogens is 378 g/mol. The highest BCUT2D eigenvalue weighted by Gasteiger charge is 2.16. The van der Waals surface area contributed by atoms with Crippen LogP contribution >= 0.6 is 0 Å². The number of ether oxygens (including phenoxy) is 2. The second kappa shape index (κ2) is 8.61. The highest BCUT2D eigenvalue weighted by Crippen LogP contribution is 2.27. The fourth-order valence-electron chi connectivity index (χ4n) is 3.27. The van der Waals surface area contributed by atoms with Gasteiger partial charge in [0.05, 0.1) is 20.8 Å². The van der Waals surface area contributed by atoms with Crippen LogP contribution in [0.3, 0.4) is 0 Å². The lowest BCUT2D eigenvalue weighted by Crippen LogP contribution is -2.05. The van der Waals surface area contributed by atoms with Gasteiger partial charge in [-0.15, -0.1) is 0 Å². The molecule has 150 valence electrons. The van der Waals surface area contributed by atoms with E-state index in [9.17, 15) is 4.79 Å². The number of hydrogen-bond donors (Lipinski definition) is 0. The van der Waals surface area contributed by atoms with Crippen LogP contribution in [-0.4, -0.2) is 35.3 Å². The van der Waals surface area contributed by atoms with Crippen LogP contribution in [0.25, 0.3) is 22.8 Å². The number of para-hydroxylation sites is 1. The molecule has 0 spiro atoms. The second-order valence-electron chi connectivity index (χ2n) is 6.70. The maximum absolute atomic E-state index is 11.2. The summed E-state index contributed by atoms with van der Waals surface area (Å²) < 4.78 is 12.6. The molecule has 4 aromatic rings. The first kappa shape index (κ1) is 19.4. The lowest BCUT2D eigenvalue weighted by molar-refractivity contribution is 0.112. The molecule has 1 heterocycles. The standard InChI is InChI=1S/C24H21N3O3/c1-29-21-12-10-18(11-13-21)24-25-23(19-8-5-6-17(14-19)16-28)26-27(24)15-20-7-3-4-9-22(20)30-2/h3-14,16H,15H2,1-2H3. The van der Waals surface area contributed by atoms with E-state index in [1.807, 2.05) is 65.3 Å². The van der Waals surface area contributed by atoms with Gasteiger partial charge >= 0.3 is 0 Å². The summed E-state index contributed by atoms with van der Waals surface area (Å²) >= 11 is 0. The summed E-state index contributed by atoms with van der Waals surface area (Å²) in [5, 5.41) is 4.75. The van der Waals surface area contributed by atoms with E-state index in [1.54, 1.807) is 26.4 Å². The van der Waals surface area contributed by atoms with Crippen LogP contribution in [0.2, 0.25) is 0 Å².